The number of aromatic nitrogens is 4. The number of anilines is 1. The quantitative estimate of drug-likeness (QED) is 0.666. The van der Waals surface area contributed by atoms with Gasteiger partial charge in [0.15, 0.2) is 11.8 Å². The fourth-order valence-electron chi connectivity index (χ4n) is 4.08. The molecule has 1 unspecified atom stereocenters. The van der Waals surface area contributed by atoms with Crippen molar-refractivity contribution in [3.8, 4) is 0 Å². The first-order valence-corrected chi connectivity index (χ1v) is 9.55. The number of carbonyl (C=O) groups excluding carboxylic acids is 1. The Morgan fingerprint density at radius 3 is 2.93 bits per heavy atom. The molecule has 0 saturated carbocycles. The predicted molar refractivity (Wildman–Crippen MR) is 104 cm³/mol. The van der Waals surface area contributed by atoms with Crippen LogP contribution in [0.2, 0.25) is 0 Å². The lowest BCUT2D eigenvalue weighted by Crippen LogP contribution is -2.52. The van der Waals surface area contributed by atoms with Gasteiger partial charge in [-0.1, -0.05) is 24.3 Å². The number of hydrogen-bond donors (Lipinski definition) is 0. The molecule has 0 radical (unpaired) electrons. The number of ether oxygens (including phenoxy) is 1. The first kappa shape index (κ1) is 17.1. The Morgan fingerprint density at radius 1 is 1.18 bits per heavy atom. The van der Waals surface area contributed by atoms with Crippen molar-refractivity contribution in [2.45, 2.75) is 19.1 Å². The number of aryl methyl sites for hydroxylation is 1. The minimum atomic E-state index is -0.485. The number of amides is 1. The molecule has 2 aliphatic rings. The van der Waals surface area contributed by atoms with Crippen LogP contribution in [0.4, 0.5) is 5.82 Å². The monoisotopic (exact) mass is 378 g/mol. The summed E-state index contributed by atoms with van der Waals surface area (Å²) in [4.78, 5) is 25.9. The van der Waals surface area contributed by atoms with Crippen molar-refractivity contribution >= 4 is 22.8 Å². The van der Waals surface area contributed by atoms with Gasteiger partial charge in [0.1, 0.15) is 12.1 Å². The molecule has 0 aliphatic carbocycles. The van der Waals surface area contributed by atoms with Gasteiger partial charge in [0.2, 0.25) is 0 Å². The Bertz CT molecular complexity index is 1030. The van der Waals surface area contributed by atoms with Crippen molar-refractivity contribution in [1.29, 1.82) is 0 Å². The Hall–Kier alpha value is -3.00. The Morgan fingerprint density at radius 2 is 2.04 bits per heavy atom. The standard InChI is InChI=1S/C20H22N6O2/c1-24-18-16(10-23-24)19(22-13-21-18)25-8-9-28-17(12-25)20(27)26-7-6-14-4-2-3-5-15(14)11-26/h2-5,10,13,17H,6-9,11-12H2,1H3. The van der Waals surface area contributed by atoms with Crippen molar-refractivity contribution in [3.63, 3.8) is 0 Å². The highest BCUT2D eigenvalue weighted by atomic mass is 16.5. The van der Waals surface area contributed by atoms with Crippen LogP contribution < -0.4 is 4.90 Å². The Kier molecular flexibility index (Phi) is 4.20. The summed E-state index contributed by atoms with van der Waals surface area (Å²) in [6.45, 7) is 3.05. The zero-order valence-electron chi connectivity index (χ0n) is 15.8. The van der Waals surface area contributed by atoms with E-state index < -0.39 is 6.10 Å². The molecule has 0 N–H and O–H groups in total. The van der Waals surface area contributed by atoms with Crippen molar-refractivity contribution in [1.82, 2.24) is 24.6 Å². The van der Waals surface area contributed by atoms with E-state index in [9.17, 15) is 4.79 Å². The van der Waals surface area contributed by atoms with Gasteiger partial charge in [-0.2, -0.15) is 5.10 Å². The lowest BCUT2D eigenvalue weighted by molar-refractivity contribution is -0.145. The second-order valence-corrected chi connectivity index (χ2v) is 7.29. The number of carbonyl (C=O) groups is 1. The number of fused-ring (bicyclic) bond motifs is 2. The molecule has 1 atom stereocenters. The minimum absolute atomic E-state index is 0.0516. The summed E-state index contributed by atoms with van der Waals surface area (Å²) in [5, 5.41) is 5.17. The van der Waals surface area contributed by atoms with E-state index in [0.717, 1.165) is 29.8 Å². The van der Waals surface area contributed by atoms with E-state index in [1.807, 2.05) is 18.0 Å². The molecule has 1 saturated heterocycles. The molecule has 0 bridgehead atoms. The minimum Gasteiger partial charge on any atom is -0.365 e. The van der Waals surface area contributed by atoms with Crippen LogP contribution in [0.1, 0.15) is 11.1 Å². The molecule has 0 spiro atoms. The van der Waals surface area contributed by atoms with E-state index in [0.29, 0.717) is 26.2 Å². The summed E-state index contributed by atoms with van der Waals surface area (Å²) in [7, 11) is 1.86. The largest absolute Gasteiger partial charge is 0.365 e. The summed E-state index contributed by atoms with van der Waals surface area (Å²) in [6, 6.07) is 8.33. The van der Waals surface area contributed by atoms with Crippen LogP contribution in [0.25, 0.3) is 11.0 Å². The van der Waals surface area contributed by atoms with Crippen LogP contribution >= 0.6 is 0 Å². The summed E-state index contributed by atoms with van der Waals surface area (Å²) in [6.07, 6.45) is 3.73. The predicted octanol–water partition coefficient (Wildman–Crippen LogP) is 1.15. The maximum Gasteiger partial charge on any atom is 0.253 e. The van der Waals surface area contributed by atoms with Gasteiger partial charge < -0.3 is 14.5 Å². The third kappa shape index (κ3) is 2.90. The van der Waals surface area contributed by atoms with Gasteiger partial charge in [0, 0.05) is 26.7 Å². The molecule has 1 aromatic carbocycles. The van der Waals surface area contributed by atoms with Crippen molar-refractivity contribution in [3.05, 3.63) is 47.9 Å². The maximum absolute atomic E-state index is 13.1. The maximum atomic E-state index is 13.1. The highest BCUT2D eigenvalue weighted by molar-refractivity contribution is 5.87. The van der Waals surface area contributed by atoms with E-state index in [1.54, 1.807) is 17.2 Å². The Labute approximate surface area is 162 Å². The number of hydrogen-bond acceptors (Lipinski definition) is 6. The van der Waals surface area contributed by atoms with Gasteiger partial charge in [-0.05, 0) is 17.5 Å². The molecule has 4 heterocycles. The fraction of sp³-hybridized carbons (Fsp3) is 0.400. The third-order valence-electron chi connectivity index (χ3n) is 5.59. The third-order valence-corrected chi connectivity index (χ3v) is 5.59. The second-order valence-electron chi connectivity index (χ2n) is 7.29. The van der Waals surface area contributed by atoms with Crippen molar-refractivity contribution in [2.75, 3.05) is 31.1 Å². The summed E-state index contributed by atoms with van der Waals surface area (Å²) in [5.41, 5.74) is 3.34. The van der Waals surface area contributed by atoms with E-state index in [1.165, 1.54) is 11.1 Å². The van der Waals surface area contributed by atoms with E-state index in [-0.39, 0.29) is 5.91 Å². The summed E-state index contributed by atoms with van der Waals surface area (Å²) in [5.74, 6) is 0.860. The van der Waals surface area contributed by atoms with E-state index >= 15 is 0 Å². The van der Waals surface area contributed by atoms with Crippen molar-refractivity contribution in [2.24, 2.45) is 7.05 Å². The molecule has 8 nitrogen and oxygen atoms in total. The first-order valence-electron chi connectivity index (χ1n) is 9.55. The number of rotatable bonds is 2. The van der Waals surface area contributed by atoms with Gasteiger partial charge in [0.25, 0.3) is 5.91 Å². The normalized spacial score (nSPS) is 19.7. The fourth-order valence-corrected chi connectivity index (χ4v) is 4.08. The number of nitrogens with zero attached hydrogens (tertiary/aromatic N) is 6. The first-order chi connectivity index (χ1) is 13.7. The smallest absolute Gasteiger partial charge is 0.253 e. The molecule has 1 fully saturated rings. The molecular weight excluding hydrogens is 356 g/mol. The van der Waals surface area contributed by atoms with Crippen LogP contribution in [0.5, 0.6) is 0 Å². The van der Waals surface area contributed by atoms with Gasteiger partial charge in [0.05, 0.1) is 24.7 Å². The van der Waals surface area contributed by atoms with Crippen molar-refractivity contribution < 1.29 is 9.53 Å². The van der Waals surface area contributed by atoms with Crippen LogP contribution in [0, 0.1) is 0 Å². The highest BCUT2D eigenvalue weighted by Gasteiger charge is 2.33. The SMILES string of the molecule is Cn1ncc2c(N3CCOC(C(=O)N4CCc5ccccc5C4)C3)ncnc21. The molecule has 2 aromatic heterocycles. The molecule has 5 rings (SSSR count). The van der Waals surface area contributed by atoms with Crippen LogP contribution in [-0.4, -0.2) is 62.9 Å². The number of morpholine rings is 1. The molecule has 144 valence electrons. The average molecular weight is 378 g/mol. The van der Waals surface area contributed by atoms with Gasteiger partial charge in [-0.3, -0.25) is 9.48 Å². The number of benzene rings is 1. The van der Waals surface area contributed by atoms with Crippen LogP contribution in [0.3, 0.4) is 0 Å². The lowest BCUT2D eigenvalue weighted by atomic mass is 9.99. The lowest BCUT2D eigenvalue weighted by Gasteiger charge is -2.37. The van der Waals surface area contributed by atoms with E-state index in [4.69, 9.17) is 4.74 Å². The molecule has 28 heavy (non-hydrogen) atoms. The molecule has 1 amide bonds. The molecular formula is C20H22N6O2. The zero-order valence-corrected chi connectivity index (χ0v) is 15.8. The van der Waals surface area contributed by atoms with Crippen LogP contribution in [-0.2, 0) is 29.5 Å². The molecule has 3 aromatic rings. The van der Waals surface area contributed by atoms with Gasteiger partial charge in [-0.15, -0.1) is 0 Å². The van der Waals surface area contributed by atoms with Gasteiger partial charge >= 0.3 is 0 Å². The van der Waals surface area contributed by atoms with Crippen LogP contribution in [0.15, 0.2) is 36.8 Å². The second kappa shape index (κ2) is 6.87. The van der Waals surface area contributed by atoms with E-state index in [2.05, 4.69) is 38.2 Å². The summed E-state index contributed by atoms with van der Waals surface area (Å²) < 4.78 is 7.58. The summed E-state index contributed by atoms with van der Waals surface area (Å²) >= 11 is 0. The Balaban J connectivity index is 1.35. The highest BCUT2D eigenvalue weighted by Crippen LogP contribution is 2.25. The molecule has 8 heteroatoms. The average Bonchev–Trinajstić information content (AvgIpc) is 3.14. The topological polar surface area (TPSA) is 76.4 Å². The zero-order chi connectivity index (χ0) is 19.1. The van der Waals surface area contributed by atoms with Gasteiger partial charge in [-0.25, -0.2) is 9.97 Å². The molecule has 2 aliphatic heterocycles.